The number of carbonyl (C=O) groups is 1. The Labute approximate surface area is 59.1 Å². The molecule has 0 saturated carbocycles. The van der Waals surface area contributed by atoms with Crippen molar-refractivity contribution in [1.29, 1.82) is 0 Å². The summed E-state index contributed by atoms with van der Waals surface area (Å²) in [7, 11) is 0. The molecule has 1 unspecified atom stereocenters. The largest absolute Gasteiger partial charge is 0.449 e. The zero-order chi connectivity index (χ0) is 7.28. The van der Waals surface area contributed by atoms with Gasteiger partial charge in [0.1, 0.15) is 0 Å². The quantitative estimate of drug-likeness (QED) is 0.611. The topological polar surface area (TPSA) is 52.3 Å². The minimum absolute atomic E-state index is 0.180. The lowest BCUT2D eigenvalue weighted by Crippen LogP contribution is -2.17. The SMILES string of the molecule is CC(CCl)COC(N)=O. The van der Waals surface area contributed by atoms with Gasteiger partial charge in [0.05, 0.1) is 6.61 Å². The van der Waals surface area contributed by atoms with Gasteiger partial charge in [0, 0.05) is 11.8 Å². The molecule has 2 N–H and O–H groups in total. The lowest BCUT2D eigenvalue weighted by Gasteiger charge is -2.04. The molecule has 0 aromatic rings. The van der Waals surface area contributed by atoms with Crippen LogP contribution >= 0.6 is 11.6 Å². The third-order valence-corrected chi connectivity index (χ3v) is 1.30. The second-order valence-corrected chi connectivity index (χ2v) is 2.20. The van der Waals surface area contributed by atoms with Crippen LogP contribution in [0.5, 0.6) is 0 Å². The number of hydrogen-bond donors (Lipinski definition) is 1. The number of hydrogen-bond acceptors (Lipinski definition) is 2. The van der Waals surface area contributed by atoms with Crippen LogP contribution in [0.25, 0.3) is 0 Å². The molecule has 1 atom stereocenters. The molecule has 3 nitrogen and oxygen atoms in total. The van der Waals surface area contributed by atoms with Crippen molar-refractivity contribution in [2.75, 3.05) is 12.5 Å². The first-order valence-electron chi connectivity index (χ1n) is 2.65. The second kappa shape index (κ2) is 4.44. The van der Waals surface area contributed by atoms with E-state index in [9.17, 15) is 4.79 Å². The minimum atomic E-state index is -0.744. The molecule has 0 aliphatic carbocycles. The number of rotatable bonds is 3. The predicted molar refractivity (Wildman–Crippen MR) is 35.4 cm³/mol. The van der Waals surface area contributed by atoms with Crippen LogP contribution < -0.4 is 5.73 Å². The summed E-state index contributed by atoms with van der Waals surface area (Å²) in [5.74, 6) is 0.659. The van der Waals surface area contributed by atoms with E-state index in [1.807, 2.05) is 6.92 Å². The van der Waals surface area contributed by atoms with Crippen LogP contribution in [-0.2, 0) is 4.74 Å². The summed E-state index contributed by atoms with van der Waals surface area (Å²) in [6.07, 6.45) is -0.744. The van der Waals surface area contributed by atoms with E-state index in [4.69, 9.17) is 17.3 Å². The Morgan fingerprint density at radius 2 is 2.44 bits per heavy atom. The Morgan fingerprint density at radius 1 is 1.89 bits per heavy atom. The number of nitrogens with two attached hydrogens (primary N) is 1. The van der Waals surface area contributed by atoms with Gasteiger partial charge in [0.25, 0.3) is 0 Å². The summed E-state index contributed by atoms with van der Waals surface area (Å²) in [6, 6.07) is 0. The average Bonchev–Trinajstić information content (AvgIpc) is 1.83. The zero-order valence-corrected chi connectivity index (χ0v) is 6.02. The number of primary amides is 1. The lowest BCUT2D eigenvalue weighted by molar-refractivity contribution is 0.143. The molecule has 0 radical (unpaired) electrons. The van der Waals surface area contributed by atoms with E-state index in [0.717, 1.165) is 0 Å². The molecule has 0 heterocycles. The summed E-state index contributed by atoms with van der Waals surface area (Å²) in [6.45, 7) is 2.18. The molecule has 0 saturated heterocycles. The third-order valence-electron chi connectivity index (χ3n) is 0.774. The van der Waals surface area contributed by atoms with Crippen LogP contribution in [-0.4, -0.2) is 18.6 Å². The van der Waals surface area contributed by atoms with Crippen LogP contribution in [0.2, 0.25) is 0 Å². The second-order valence-electron chi connectivity index (χ2n) is 1.89. The van der Waals surface area contributed by atoms with Crippen molar-refractivity contribution in [3.63, 3.8) is 0 Å². The fourth-order valence-corrected chi connectivity index (χ4v) is 0.358. The van der Waals surface area contributed by atoms with Crippen molar-refractivity contribution in [3.05, 3.63) is 0 Å². The summed E-state index contributed by atoms with van der Waals surface area (Å²) in [5.41, 5.74) is 4.69. The Balaban J connectivity index is 3.16. The van der Waals surface area contributed by atoms with Crippen molar-refractivity contribution >= 4 is 17.7 Å². The monoisotopic (exact) mass is 151 g/mol. The Hall–Kier alpha value is -0.440. The maximum atomic E-state index is 9.98. The van der Waals surface area contributed by atoms with E-state index in [2.05, 4.69) is 4.74 Å². The summed E-state index contributed by atoms with van der Waals surface area (Å²) in [4.78, 5) is 9.98. The summed E-state index contributed by atoms with van der Waals surface area (Å²) in [5, 5.41) is 0. The van der Waals surface area contributed by atoms with E-state index in [0.29, 0.717) is 12.5 Å². The first-order valence-corrected chi connectivity index (χ1v) is 3.18. The van der Waals surface area contributed by atoms with E-state index in [-0.39, 0.29) is 5.92 Å². The highest BCUT2D eigenvalue weighted by atomic mass is 35.5. The molecule has 54 valence electrons. The minimum Gasteiger partial charge on any atom is -0.449 e. The highest BCUT2D eigenvalue weighted by molar-refractivity contribution is 6.18. The first kappa shape index (κ1) is 8.56. The van der Waals surface area contributed by atoms with Gasteiger partial charge in [0.15, 0.2) is 0 Å². The smallest absolute Gasteiger partial charge is 0.404 e. The lowest BCUT2D eigenvalue weighted by atomic mass is 10.2. The fraction of sp³-hybridized carbons (Fsp3) is 0.800. The molecular formula is C5H10ClNO2. The molecular weight excluding hydrogens is 142 g/mol. The van der Waals surface area contributed by atoms with E-state index >= 15 is 0 Å². The van der Waals surface area contributed by atoms with Gasteiger partial charge in [-0.15, -0.1) is 11.6 Å². The van der Waals surface area contributed by atoms with E-state index in [1.54, 1.807) is 0 Å². The van der Waals surface area contributed by atoms with Gasteiger partial charge in [-0.2, -0.15) is 0 Å². The molecule has 0 rings (SSSR count). The maximum Gasteiger partial charge on any atom is 0.404 e. The van der Waals surface area contributed by atoms with Gasteiger partial charge in [-0.1, -0.05) is 6.92 Å². The Morgan fingerprint density at radius 3 is 2.78 bits per heavy atom. The third kappa shape index (κ3) is 5.43. The number of amides is 1. The van der Waals surface area contributed by atoms with Crippen molar-refractivity contribution in [2.45, 2.75) is 6.92 Å². The van der Waals surface area contributed by atoms with Crippen LogP contribution in [0, 0.1) is 5.92 Å². The molecule has 0 aromatic carbocycles. The molecule has 0 fully saturated rings. The highest BCUT2D eigenvalue weighted by Gasteiger charge is 2.00. The van der Waals surface area contributed by atoms with Gasteiger partial charge < -0.3 is 10.5 Å². The number of ether oxygens (including phenoxy) is 1. The Kier molecular flexibility index (Phi) is 4.22. The molecule has 1 amide bonds. The summed E-state index contributed by atoms with van der Waals surface area (Å²) >= 11 is 5.40. The number of carbonyl (C=O) groups excluding carboxylic acids is 1. The van der Waals surface area contributed by atoms with Gasteiger partial charge in [-0.3, -0.25) is 0 Å². The van der Waals surface area contributed by atoms with Gasteiger partial charge >= 0.3 is 6.09 Å². The van der Waals surface area contributed by atoms with E-state index in [1.165, 1.54) is 0 Å². The van der Waals surface area contributed by atoms with Crippen molar-refractivity contribution in [3.8, 4) is 0 Å². The standard InChI is InChI=1S/C5H10ClNO2/c1-4(2-6)3-9-5(7)8/h4H,2-3H2,1H3,(H2,7,8). The molecule has 4 heteroatoms. The summed E-state index contributed by atoms with van der Waals surface area (Å²) < 4.78 is 4.45. The van der Waals surface area contributed by atoms with Crippen LogP contribution in [0.1, 0.15) is 6.92 Å². The highest BCUT2D eigenvalue weighted by Crippen LogP contribution is 1.97. The zero-order valence-electron chi connectivity index (χ0n) is 5.26. The molecule has 0 spiro atoms. The molecule has 9 heavy (non-hydrogen) atoms. The number of halogens is 1. The number of alkyl halides is 1. The maximum absolute atomic E-state index is 9.98. The normalized spacial score (nSPS) is 12.7. The molecule has 0 aliphatic heterocycles. The Bertz CT molecular complexity index is 97.0. The fourth-order valence-electron chi connectivity index (χ4n) is 0.269. The molecule has 0 aliphatic rings. The van der Waals surface area contributed by atoms with Crippen LogP contribution in [0.4, 0.5) is 4.79 Å². The van der Waals surface area contributed by atoms with Gasteiger partial charge in [0.2, 0.25) is 0 Å². The molecule has 0 aromatic heterocycles. The van der Waals surface area contributed by atoms with Gasteiger partial charge in [-0.05, 0) is 0 Å². The predicted octanol–water partition coefficient (Wildman–Crippen LogP) is 0.957. The molecule has 0 bridgehead atoms. The van der Waals surface area contributed by atoms with Crippen molar-refractivity contribution in [2.24, 2.45) is 11.7 Å². The van der Waals surface area contributed by atoms with Crippen LogP contribution in [0.15, 0.2) is 0 Å². The average molecular weight is 152 g/mol. The van der Waals surface area contributed by atoms with Crippen molar-refractivity contribution in [1.82, 2.24) is 0 Å². The van der Waals surface area contributed by atoms with Crippen molar-refractivity contribution < 1.29 is 9.53 Å². The van der Waals surface area contributed by atoms with Crippen LogP contribution in [0.3, 0.4) is 0 Å². The van der Waals surface area contributed by atoms with Gasteiger partial charge in [-0.25, -0.2) is 4.79 Å². The van der Waals surface area contributed by atoms with E-state index < -0.39 is 6.09 Å². The first-order chi connectivity index (χ1) is 4.16.